The van der Waals surface area contributed by atoms with Gasteiger partial charge >= 0.3 is 5.38 Å². The SMILES string of the molecule is CC(C(=O)Nc1cccc(C(F)(F)Cl)c1)c1cccs1. The maximum Gasteiger partial charge on any atom is 0.348 e. The van der Waals surface area contributed by atoms with Crippen LogP contribution in [-0.2, 0) is 10.2 Å². The predicted molar refractivity (Wildman–Crippen MR) is 77.6 cm³/mol. The van der Waals surface area contributed by atoms with Gasteiger partial charge in [-0.3, -0.25) is 4.79 Å². The first-order valence-electron chi connectivity index (χ1n) is 5.89. The molecule has 0 fully saturated rings. The summed E-state index contributed by atoms with van der Waals surface area (Å²) in [6, 6.07) is 9.08. The van der Waals surface area contributed by atoms with Crippen LogP contribution in [0.5, 0.6) is 0 Å². The van der Waals surface area contributed by atoms with E-state index in [4.69, 9.17) is 11.6 Å². The van der Waals surface area contributed by atoms with Crippen LogP contribution in [-0.4, -0.2) is 5.91 Å². The lowest BCUT2D eigenvalue weighted by Crippen LogP contribution is -2.18. The Morgan fingerprint density at radius 1 is 1.35 bits per heavy atom. The summed E-state index contributed by atoms with van der Waals surface area (Å²) in [5, 5.41) is 1.06. The Bertz CT molecular complexity index is 595. The quantitative estimate of drug-likeness (QED) is 0.808. The maximum absolute atomic E-state index is 13.0. The van der Waals surface area contributed by atoms with E-state index in [1.54, 1.807) is 13.0 Å². The van der Waals surface area contributed by atoms with Crippen LogP contribution in [0.1, 0.15) is 23.3 Å². The molecule has 1 unspecified atom stereocenters. The summed E-state index contributed by atoms with van der Waals surface area (Å²) in [6.07, 6.45) is 0. The molecule has 1 atom stereocenters. The van der Waals surface area contributed by atoms with Gasteiger partial charge in [0.1, 0.15) is 0 Å². The van der Waals surface area contributed by atoms with Gasteiger partial charge in [-0.05, 0) is 42.1 Å². The van der Waals surface area contributed by atoms with Gasteiger partial charge in [-0.15, -0.1) is 11.3 Å². The highest BCUT2D eigenvalue weighted by Gasteiger charge is 2.28. The molecule has 2 rings (SSSR count). The number of benzene rings is 1. The number of carbonyl (C=O) groups is 1. The van der Waals surface area contributed by atoms with E-state index in [-0.39, 0.29) is 17.4 Å². The number of thiophene rings is 1. The van der Waals surface area contributed by atoms with Gasteiger partial charge in [0.05, 0.1) is 5.92 Å². The van der Waals surface area contributed by atoms with Gasteiger partial charge in [-0.2, -0.15) is 8.78 Å². The standard InChI is InChI=1S/C14H12ClF2NOS/c1-9(12-6-3-7-20-12)13(19)18-11-5-2-4-10(8-11)14(15,16)17/h2-9H,1H3,(H,18,19). The highest BCUT2D eigenvalue weighted by atomic mass is 35.5. The molecule has 1 aromatic heterocycles. The highest BCUT2D eigenvalue weighted by Crippen LogP contribution is 2.33. The van der Waals surface area contributed by atoms with Crippen molar-refractivity contribution < 1.29 is 13.6 Å². The molecular weight excluding hydrogens is 304 g/mol. The monoisotopic (exact) mass is 315 g/mol. The molecule has 2 nitrogen and oxygen atoms in total. The van der Waals surface area contributed by atoms with E-state index in [1.165, 1.54) is 29.5 Å². The molecule has 20 heavy (non-hydrogen) atoms. The van der Waals surface area contributed by atoms with Crippen molar-refractivity contribution in [2.45, 2.75) is 18.2 Å². The Kier molecular flexibility index (Phi) is 4.40. The molecule has 0 saturated heterocycles. The third-order valence-corrected chi connectivity index (χ3v) is 4.09. The first-order valence-corrected chi connectivity index (χ1v) is 7.15. The first-order chi connectivity index (χ1) is 9.38. The normalized spacial score (nSPS) is 13.0. The Hall–Kier alpha value is -1.46. The Labute approximate surface area is 124 Å². The van der Waals surface area contributed by atoms with Crippen LogP contribution in [0.15, 0.2) is 41.8 Å². The van der Waals surface area contributed by atoms with Gasteiger partial charge in [0.2, 0.25) is 5.91 Å². The molecule has 1 aromatic carbocycles. The lowest BCUT2D eigenvalue weighted by atomic mass is 10.1. The van der Waals surface area contributed by atoms with Crippen molar-refractivity contribution in [2.24, 2.45) is 0 Å². The predicted octanol–water partition coefficient (Wildman–Crippen LogP) is 4.78. The lowest BCUT2D eigenvalue weighted by molar-refractivity contribution is -0.117. The molecule has 2 aromatic rings. The number of alkyl halides is 3. The van der Waals surface area contributed by atoms with Gasteiger partial charge < -0.3 is 5.32 Å². The number of anilines is 1. The van der Waals surface area contributed by atoms with Crippen LogP contribution in [0.25, 0.3) is 0 Å². The number of rotatable bonds is 4. The van der Waals surface area contributed by atoms with Crippen molar-refractivity contribution in [3.63, 3.8) is 0 Å². The van der Waals surface area contributed by atoms with E-state index >= 15 is 0 Å². The molecular formula is C14H12ClF2NOS. The first kappa shape index (κ1) is 14.9. The number of amides is 1. The Balaban J connectivity index is 2.12. The van der Waals surface area contributed by atoms with Crippen LogP contribution < -0.4 is 5.32 Å². The molecule has 1 heterocycles. The topological polar surface area (TPSA) is 29.1 Å². The van der Waals surface area contributed by atoms with Gasteiger partial charge in [0.25, 0.3) is 0 Å². The van der Waals surface area contributed by atoms with Crippen molar-refractivity contribution in [3.05, 3.63) is 52.2 Å². The summed E-state index contributed by atoms with van der Waals surface area (Å²) in [7, 11) is 0. The second-order valence-corrected chi connectivity index (χ2v) is 5.76. The van der Waals surface area contributed by atoms with Gasteiger partial charge in [0.15, 0.2) is 0 Å². The Morgan fingerprint density at radius 3 is 2.70 bits per heavy atom. The van der Waals surface area contributed by atoms with Crippen LogP contribution in [0.4, 0.5) is 14.5 Å². The third kappa shape index (κ3) is 3.55. The second kappa shape index (κ2) is 5.89. The fourth-order valence-electron chi connectivity index (χ4n) is 1.69. The largest absolute Gasteiger partial charge is 0.348 e. The van der Waals surface area contributed by atoms with Crippen molar-refractivity contribution in [2.75, 3.05) is 5.32 Å². The molecule has 0 aliphatic heterocycles. The molecule has 0 aliphatic carbocycles. The van der Waals surface area contributed by atoms with E-state index < -0.39 is 5.38 Å². The van der Waals surface area contributed by atoms with Gasteiger partial charge in [-0.25, -0.2) is 0 Å². The minimum Gasteiger partial charge on any atom is -0.326 e. The number of carbonyl (C=O) groups excluding carboxylic acids is 1. The van der Waals surface area contributed by atoms with E-state index in [0.29, 0.717) is 5.69 Å². The van der Waals surface area contributed by atoms with E-state index in [2.05, 4.69) is 5.32 Å². The number of halogens is 3. The average molecular weight is 316 g/mol. The average Bonchev–Trinajstić information content (AvgIpc) is 2.91. The lowest BCUT2D eigenvalue weighted by Gasteiger charge is -2.13. The summed E-state index contributed by atoms with van der Waals surface area (Å²) < 4.78 is 26.0. The zero-order valence-corrected chi connectivity index (χ0v) is 12.1. The molecule has 0 bridgehead atoms. The van der Waals surface area contributed by atoms with Gasteiger partial charge in [-0.1, -0.05) is 18.2 Å². The van der Waals surface area contributed by atoms with Crippen LogP contribution >= 0.6 is 22.9 Å². The molecule has 1 N–H and O–H groups in total. The summed E-state index contributed by atoms with van der Waals surface area (Å²) in [6.45, 7) is 1.77. The van der Waals surface area contributed by atoms with Crippen molar-refractivity contribution in [1.29, 1.82) is 0 Å². The van der Waals surface area contributed by atoms with E-state index in [0.717, 1.165) is 4.88 Å². The summed E-state index contributed by atoms with van der Waals surface area (Å²) in [5.74, 6) is -0.586. The zero-order chi connectivity index (χ0) is 14.8. The van der Waals surface area contributed by atoms with Crippen molar-refractivity contribution >= 4 is 34.5 Å². The number of nitrogens with one attached hydrogen (secondary N) is 1. The third-order valence-electron chi connectivity index (χ3n) is 2.82. The number of hydrogen-bond donors (Lipinski definition) is 1. The number of hydrogen-bond acceptors (Lipinski definition) is 2. The molecule has 0 radical (unpaired) electrons. The molecule has 6 heteroatoms. The molecule has 106 valence electrons. The Morgan fingerprint density at radius 2 is 2.10 bits per heavy atom. The van der Waals surface area contributed by atoms with Gasteiger partial charge in [0, 0.05) is 16.1 Å². The maximum atomic E-state index is 13.0. The van der Waals surface area contributed by atoms with Crippen LogP contribution in [0.2, 0.25) is 0 Å². The summed E-state index contributed by atoms with van der Waals surface area (Å²) in [5.41, 5.74) is -0.0445. The van der Waals surface area contributed by atoms with Crippen LogP contribution in [0, 0.1) is 0 Å². The van der Waals surface area contributed by atoms with Crippen molar-refractivity contribution in [1.82, 2.24) is 0 Å². The van der Waals surface area contributed by atoms with Crippen molar-refractivity contribution in [3.8, 4) is 0 Å². The highest BCUT2D eigenvalue weighted by molar-refractivity contribution is 7.10. The minimum atomic E-state index is -3.44. The summed E-state index contributed by atoms with van der Waals surface area (Å²) >= 11 is 6.44. The fourth-order valence-corrected chi connectivity index (χ4v) is 2.59. The fraction of sp³-hybridized carbons (Fsp3) is 0.214. The smallest absolute Gasteiger partial charge is 0.326 e. The van der Waals surface area contributed by atoms with E-state index in [1.807, 2.05) is 17.5 Å². The molecule has 0 saturated carbocycles. The summed E-state index contributed by atoms with van der Waals surface area (Å²) in [4.78, 5) is 13.0. The van der Waals surface area contributed by atoms with Crippen LogP contribution in [0.3, 0.4) is 0 Å². The van der Waals surface area contributed by atoms with E-state index in [9.17, 15) is 13.6 Å². The zero-order valence-electron chi connectivity index (χ0n) is 10.6. The molecule has 0 spiro atoms. The molecule has 1 amide bonds. The second-order valence-electron chi connectivity index (χ2n) is 4.30. The molecule has 0 aliphatic rings. The minimum absolute atomic E-state index is 0.248.